The maximum Gasteiger partial charge on any atom is 0.274 e. The molecule has 1 aliphatic rings. The van der Waals surface area contributed by atoms with E-state index in [4.69, 9.17) is 4.52 Å². The normalized spacial score (nSPS) is 14.3. The number of nitrogens with one attached hydrogen (secondary N) is 1. The van der Waals surface area contributed by atoms with Crippen LogP contribution in [0, 0.1) is 6.92 Å². The van der Waals surface area contributed by atoms with Gasteiger partial charge in [-0.05, 0) is 55.9 Å². The number of fused-ring (bicyclic) bond motifs is 1. The number of aromatic nitrogens is 4. The van der Waals surface area contributed by atoms with Gasteiger partial charge in [-0.1, -0.05) is 29.4 Å². The molecular formula is C28H27N7O2. The fraction of sp³-hybridized carbons (Fsp3) is 0.214. The van der Waals surface area contributed by atoms with Crippen LogP contribution in [0.5, 0.6) is 0 Å². The molecule has 0 saturated carbocycles. The number of benzene rings is 2. The summed E-state index contributed by atoms with van der Waals surface area (Å²) in [5.41, 5.74) is 5.56. The number of hydrogen-bond donors (Lipinski definition) is 1. The van der Waals surface area contributed by atoms with Crippen molar-refractivity contribution < 1.29 is 9.32 Å². The third-order valence-electron chi connectivity index (χ3n) is 6.78. The lowest BCUT2D eigenvalue weighted by Crippen LogP contribution is -2.44. The standard InChI is InChI=1S/C28H27N7O2/c1-19-9-10-20(17-23(19)30-27(36)24-18-29-25-8-3-4-11-35(24)25)26-31-28(37-32-26)21-6-5-7-22(16-21)34-14-12-33(2)13-15-34/h3-11,16-18H,12-15H2,1-2H3,(H,30,36). The van der Waals surface area contributed by atoms with Gasteiger partial charge in [0.2, 0.25) is 5.82 Å². The van der Waals surface area contributed by atoms with Crippen molar-refractivity contribution in [3.8, 4) is 22.8 Å². The van der Waals surface area contributed by atoms with Crippen molar-refractivity contribution in [2.75, 3.05) is 43.4 Å². The number of likely N-dealkylation sites (N-methyl/N-ethyl adjacent to an activating group) is 1. The molecule has 186 valence electrons. The van der Waals surface area contributed by atoms with E-state index in [-0.39, 0.29) is 5.91 Å². The van der Waals surface area contributed by atoms with Crippen LogP contribution in [-0.4, -0.2) is 63.6 Å². The van der Waals surface area contributed by atoms with E-state index >= 15 is 0 Å². The second kappa shape index (κ2) is 9.51. The van der Waals surface area contributed by atoms with Gasteiger partial charge in [-0.2, -0.15) is 4.98 Å². The Balaban J connectivity index is 1.23. The zero-order valence-electron chi connectivity index (χ0n) is 20.8. The van der Waals surface area contributed by atoms with E-state index in [0.717, 1.165) is 48.6 Å². The summed E-state index contributed by atoms with van der Waals surface area (Å²) in [6, 6.07) is 19.6. The van der Waals surface area contributed by atoms with Gasteiger partial charge in [-0.3, -0.25) is 9.20 Å². The number of anilines is 2. The molecule has 0 aliphatic carbocycles. The number of pyridine rings is 1. The summed E-state index contributed by atoms with van der Waals surface area (Å²) in [6.07, 6.45) is 3.39. The monoisotopic (exact) mass is 493 g/mol. The number of rotatable bonds is 5. The number of piperazine rings is 1. The van der Waals surface area contributed by atoms with E-state index in [1.165, 1.54) is 0 Å². The van der Waals surface area contributed by atoms with E-state index in [1.54, 1.807) is 10.6 Å². The molecule has 0 bridgehead atoms. The first-order valence-electron chi connectivity index (χ1n) is 12.3. The summed E-state index contributed by atoms with van der Waals surface area (Å²) in [6.45, 7) is 6.00. The molecule has 1 saturated heterocycles. The van der Waals surface area contributed by atoms with Crippen LogP contribution in [0.15, 0.2) is 77.6 Å². The van der Waals surface area contributed by atoms with Gasteiger partial charge in [0.05, 0.1) is 6.20 Å². The van der Waals surface area contributed by atoms with Crippen molar-refractivity contribution in [1.29, 1.82) is 0 Å². The molecular weight excluding hydrogens is 466 g/mol. The maximum atomic E-state index is 13.0. The van der Waals surface area contributed by atoms with Gasteiger partial charge in [-0.15, -0.1) is 0 Å². The van der Waals surface area contributed by atoms with Crippen LogP contribution in [-0.2, 0) is 0 Å². The third-order valence-corrected chi connectivity index (χ3v) is 6.78. The number of hydrogen-bond acceptors (Lipinski definition) is 7. The lowest BCUT2D eigenvalue weighted by molar-refractivity contribution is 0.102. The lowest BCUT2D eigenvalue weighted by Gasteiger charge is -2.34. The van der Waals surface area contributed by atoms with Gasteiger partial charge >= 0.3 is 0 Å². The third kappa shape index (κ3) is 4.56. The van der Waals surface area contributed by atoms with Crippen molar-refractivity contribution in [3.63, 3.8) is 0 Å². The van der Waals surface area contributed by atoms with Crippen LogP contribution in [0.25, 0.3) is 28.5 Å². The Morgan fingerprint density at radius 2 is 1.84 bits per heavy atom. The molecule has 9 heteroatoms. The highest BCUT2D eigenvalue weighted by Crippen LogP contribution is 2.28. The fourth-order valence-electron chi connectivity index (χ4n) is 4.54. The van der Waals surface area contributed by atoms with Crippen LogP contribution in [0.1, 0.15) is 16.1 Å². The van der Waals surface area contributed by atoms with Crippen molar-refractivity contribution in [2.24, 2.45) is 0 Å². The van der Waals surface area contributed by atoms with E-state index in [2.05, 4.69) is 49.4 Å². The molecule has 9 nitrogen and oxygen atoms in total. The second-order valence-corrected chi connectivity index (χ2v) is 9.32. The average molecular weight is 494 g/mol. The molecule has 0 radical (unpaired) electrons. The molecule has 3 aromatic heterocycles. The number of carbonyl (C=O) groups is 1. The highest BCUT2D eigenvalue weighted by atomic mass is 16.5. The van der Waals surface area contributed by atoms with Crippen molar-refractivity contribution >= 4 is 22.9 Å². The van der Waals surface area contributed by atoms with Crippen molar-refractivity contribution in [2.45, 2.75) is 6.92 Å². The fourth-order valence-corrected chi connectivity index (χ4v) is 4.54. The van der Waals surface area contributed by atoms with Gasteiger partial charge in [0.15, 0.2) is 0 Å². The molecule has 1 N–H and O–H groups in total. The highest BCUT2D eigenvalue weighted by molar-refractivity contribution is 6.04. The van der Waals surface area contributed by atoms with Gasteiger partial charge in [0, 0.05) is 54.9 Å². The maximum absolute atomic E-state index is 13.0. The molecule has 5 aromatic rings. The molecule has 1 aliphatic heterocycles. The summed E-state index contributed by atoms with van der Waals surface area (Å²) >= 11 is 0. The second-order valence-electron chi connectivity index (χ2n) is 9.32. The number of aryl methyl sites for hydroxylation is 1. The predicted molar refractivity (Wildman–Crippen MR) is 143 cm³/mol. The lowest BCUT2D eigenvalue weighted by atomic mass is 10.1. The molecule has 0 spiro atoms. The minimum absolute atomic E-state index is 0.242. The smallest absolute Gasteiger partial charge is 0.274 e. The Morgan fingerprint density at radius 3 is 2.70 bits per heavy atom. The van der Waals surface area contributed by atoms with Gasteiger partial charge in [0.1, 0.15) is 11.3 Å². The average Bonchev–Trinajstić information content (AvgIpc) is 3.59. The topological polar surface area (TPSA) is 91.8 Å². The van der Waals surface area contributed by atoms with Crippen LogP contribution in [0.3, 0.4) is 0 Å². The molecule has 1 amide bonds. The first kappa shape index (κ1) is 22.9. The van der Waals surface area contributed by atoms with Gasteiger partial charge < -0.3 is 19.6 Å². The molecule has 37 heavy (non-hydrogen) atoms. The molecule has 0 atom stereocenters. The Bertz CT molecular complexity index is 1580. The first-order chi connectivity index (χ1) is 18.0. The Hall–Kier alpha value is -4.50. The largest absolute Gasteiger partial charge is 0.369 e. The van der Waals surface area contributed by atoms with Crippen LogP contribution < -0.4 is 10.2 Å². The van der Waals surface area contributed by atoms with E-state index in [1.807, 2.05) is 61.7 Å². The Labute approximate surface area is 214 Å². The Morgan fingerprint density at radius 1 is 0.973 bits per heavy atom. The molecule has 0 unspecified atom stereocenters. The minimum atomic E-state index is -0.242. The molecule has 6 rings (SSSR count). The van der Waals surface area contributed by atoms with Crippen LogP contribution in [0.4, 0.5) is 11.4 Å². The first-order valence-corrected chi connectivity index (χ1v) is 12.3. The summed E-state index contributed by atoms with van der Waals surface area (Å²) in [7, 11) is 2.15. The number of amides is 1. The Kier molecular flexibility index (Phi) is 5.90. The van der Waals surface area contributed by atoms with Gasteiger partial charge in [0.25, 0.3) is 11.8 Å². The van der Waals surface area contributed by atoms with Crippen molar-refractivity contribution in [3.05, 3.63) is 84.3 Å². The SMILES string of the molecule is Cc1ccc(-c2noc(-c3cccc(N4CCN(C)CC4)c3)n2)cc1NC(=O)c1cnc2ccccn12. The highest BCUT2D eigenvalue weighted by Gasteiger charge is 2.18. The number of imidazole rings is 1. The van der Waals surface area contributed by atoms with E-state index in [9.17, 15) is 4.79 Å². The van der Waals surface area contributed by atoms with Crippen molar-refractivity contribution in [1.82, 2.24) is 24.4 Å². The summed E-state index contributed by atoms with van der Waals surface area (Å²) in [4.78, 5) is 26.7. The predicted octanol–water partition coefficient (Wildman–Crippen LogP) is 4.36. The zero-order valence-corrected chi connectivity index (χ0v) is 20.8. The van der Waals surface area contributed by atoms with E-state index in [0.29, 0.717) is 28.7 Å². The zero-order chi connectivity index (χ0) is 25.4. The summed E-state index contributed by atoms with van der Waals surface area (Å²) < 4.78 is 7.40. The summed E-state index contributed by atoms with van der Waals surface area (Å²) in [5, 5.41) is 7.23. The quantitative estimate of drug-likeness (QED) is 0.389. The van der Waals surface area contributed by atoms with Crippen LogP contribution >= 0.6 is 0 Å². The number of nitrogens with zero attached hydrogens (tertiary/aromatic N) is 6. The van der Waals surface area contributed by atoms with Crippen LogP contribution in [0.2, 0.25) is 0 Å². The molecule has 2 aromatic carbocycles. The van der Waals surface area contributed by atoms with Gasteiger partial charge in [-0.25, -0.2) is 4.98 Å². The van der Waals surface area contributed by atoms with E-state index < -0.39 is 0 Å². The molecule has 4 heterocycles. The molecule has 1 fully saturated rings. The summed E-state index contributed by atoms with van der Waals surface area (Å²) in [5.74, 6) is 0.682. The minimum Gasteiger partial charge on any atom is -0.369 e. The number of carbonyl (C=O) groups excluding carboxylic acids is 1.